The van der Waals surface area contributed by atoms with Crippen molar-refractivity contribution in [1.29, 1.82) is 0 Å². The number of aromatic nitrogens is 7. The molecule has 0 atom stereocenters. The maximum absolute atomic E-state index is 13.2. The van der Waals surface area contributed by atoms with Gasteiger partial charge in [-0.3, -0.25) is 0 Å². The van der Waals surface area contributed by atoms with Gasteiger partial charge in [-0.15, -0.1) is 10.2 Å². The summed E-state index contributed by atoms with van der Waals surface area (Å²) in [6, 6.07) is 19.1. The normalized spacial score (nSPS) is 11.1. The number of nitrogens with zero attached hydrogens (tertiary/aromatic N) is 9. The first-order valence-electron chi connectivity index (χ1n) is 15.1. The van der Waals surface area contributed by atoms with E-state index in [1.165, 1.54) is 0 Å². The number of anilines is 2. The molecule has 3 aromatic heterocycles. The van der Waals surface area contributed by atoms with Crippen LogP contribution in [0.25, 0.3) is 34.2 Å². The van der Waals surface area contributed by atoms with Gasteiger partial charge in [0.15, 0.2) is 0 Å². The lowest BCUT2D eigenvalue weighted by atomic mass is 10.1. The molecule has 0 amide bonds. The molecule has 0 radical (unpaired) electrons. The average molecular weight is 642 g/mol. The maximum atomic E-state index is 13.2. The maximum Gasteiger partial charge on any atom is 0.338 e. The molecule has 3 heterocycles. The topological polar surface area (TPSA) is 135 Å². The Hall–Kier alpha value is -5.18. The Morgan fingerprint density at radius 1 is 0.638 bits per heavy atom. The molecule has 0 aliphatic heterocycles. The minimum absolute atomic E-state index is 0.0716. The number of carbonyl (C=O) groups is 1. The fraction of sp³-hybridized carbons (Fsp3) is 0.333. The number of carbonyl (C=O) groups excluding carboxylic acids is 1. The molecular weight excluding hydrogens is 602 g/mol. The molecule has 0 saturated carbocycles. The highest BCUT2D eigenvalue weighted by Crippen LogP contribution is 2.25. The zero-order valence-corrected chi connectivity index (χ0v) is 27.2. The summed E-state index contributed by atoms with van der Waals surface area (Å²) in [4.78, 5) is 22.0. The van der Waals surface area contributed by atoms with Gasteiger partial charge >= 0.3 is 5.97 Å². The molecule has 0 unspecified atom stereocenters. The van der Waals surface area contributed by atoms with Gasteiger partial charge in [0, 0.05) is 46.7 Å². The summed E-state index contributed by atoms with van der Waals surface area (Å²) in [5.74, 6) is -0.534. The number of benzene rings is 2. The zero-order valence-electron chi connectivity index (χ0n) is 27.2. The molecule has 5 aromatic rings. The minimum atomic E-state index is -0.534. The Balaban J connectivity index is 1.36. The fourth-order valence-electron chi connectivity index (χ4n) is 4.47. The molecule has 0 aliphatic rings. The second kappa shape index (κ2) is 15.9. The number of ether oxygens (including phenoxy) is 4. The van der Waals surface area contributed by atoms with Crippen LogP contribution >= 0.6 is 0 Å². The van der Waals surface area contributed by atoms with Gasteiger partial charge in [-0.2, -0.15) is 0 Å². The molecule has 0 aliphatic carbocycles. The summed E-state index contributed by atoms with van der Waals surface area (Å²) >= 11 is 0. The number of methoxy groups -OCH3 is 1. The highest BCUT2D eigenvalue weighted by atomic mass is 16.6. The Labute approximate surface area is 273 Å². The molecule has 2 aromatic carbocycles. The van der Waals surface area contributed by atoms with E-state index in [4.69, 9.17) is 23.9 Å². The van der Waals surface area contributed by atoms with Crippen molar-refractivity contribution in [2.75, 3.05) is 84.7 Å². The smallest absolute Gasteiger partial charge is 0.338 e. The molecule has 47 heavy (non-hydrogen) atoms. The average Bonchev–Trinajstić information content (AvgIpc) is 3.79. The summed E-state index contributed by atoms with van der Waals surface area (Å²) in [7, 11) is 9.55. The van der Waals surface area contributed by atoms with Crippen LogP contribution in [0.5, 0.6) is 0 Å². The van der Waals surface area contributed by atoms with Crippen LogP contribution in [0.3, 0.4) is 0 Å². The van der Waals surface area contributed by atoms with Gasteiger partial charge < -0.3 is 28.7 Å². The van der Waals surface area contributed by atoms with E-state index in [0.29, 0.717) is 49.2 Å². The fourth-order valence-corrected chi connectivity index (χ4v) is 4.47. The van der Waals surface area contributed by atoms with Crippen LogP contribution < -0.4 is 9.80 Å². The van der Waals surface area contributed by atoms with Gasteiger partial charge in [0.2, 0.25) is 0 Å². The molecule has 246 valence electrons. The van der Waals surface area contributed by atoms with E-state index >= 15 is 0 Å². The van der Waals surface area contributed by atoms with E-state index in [1.54, 1.807) is 41.0 Å². The van der Waals surface area contributed by atoms with Crippen LogP contribution in [0.4, 0.5) is 11.4 Å². The largest absolute Gasteiger partial charge is 0.460 e. The summed E-state index contributed by atoms with van der Waals surface area (Å²) in [5, 5.41) is 17.3. The number of esters is 1. The summed E-state index contributed by atoms with van der Waals surface area (Å²) in [5.41, 5.74) is 5.88. The number of hydrogen-bond donors (Lipinski definition) is 0. The first-order valence-corrected chi connectivity index (χ1v) is 15.1. The van der Waals surface area contributed by atoms with Gasteiger partial charge in [0.1, 0.15) is 18.0 Å². The third kappa shape index (κ3) is 8.76. The molecule has 0 fully saturated rings. The third-order valence-corrected chi connectivity index (χ3v) is 7.10. The predicted molar refractivity (Wildman–Crippen MR) is 177 cm³/mol. The predicted octanol–water partition coefficient (Wildman–Crippen LogP) is 3.55. The quantitative estimate of drug-likeness (QED) is 0.115. The van der Waals surface area contributed by atoms with Gasteiger partial charge in [-0.05, 0) is 60.7 Å². The highest BCUT2D eigenvalue weighted by Gasteiger charge is 2.18. The number of rotatable bonds is 16. The van der Waals surface area contributed by atoms with Crippen LogP contribution in [0.15, 0.2) is 73.1 Å². The van der Waals surface area contributed by atoms with Crippen molar-refractivity contribution in [1.82, 2.24) is 35.0 Å². The van der Waals surface area contributed by atoms with Crippen molar-refractivity contribution >= 4 is 17.3 Å². The third-order valence-electron chi connectivity index (χ3n) is 7.10. The zero-order chi connectivity index (χ0) is 33.2. The Morgan fingerprint density at radius 2 is 1.09 bits per heavy atom. The van der Waals surface area contributed by atoms with E-state index in [0.717, 1.165) is 22.7 Å². The van der Waals surface area contributed by atoms with Crippen LogP contribution in [-0.2, 0) is 18.9 Å². The van der Waals surface area contributed by atoms with Crippen LogP contribution in [0.2, 0.25) is 0 Å². The first-order chi connectivity index (χ1) is 22.8. The lowest BCUT2D eigenvalue weighted by molar-refractivity contribution is 0.00570. The number of hydrogen-bond acceptors (Lipinski definition) is 12. The van der Waals surface area contributed by atoms with Crippen molar-refractivity contribution in [2.45, 2.75) is 0 Å². The molecular formula is C33H39N9O5. The van der Waals surface area contributed by atoms with Crippen LogP contribution in [0.1, 0.15) is 10.4 Å². The highest BCUT2D eigenvalue weighted by molar-refractivity contribution is 5.91. The molecule has 0 saturated heterocycles. The standard InChI is InChI=1S/C33H39N9O5/c1-39(2)25-6-10-27(11-7-25)41-22-31(35-37-41)29-20-24(33(43)47-19-18-46-17-16-45-15-14-44-5)21-30(34-29)32-23-42(38-36-32)28-12-8-26(9-13-28)40(3)4/h6-13,20-23H,14-19H2,1-5H3. The summed E-state index contributed by atoms with van der Waals surface area (Å²) in [6.45, 7) is 2.12. The van der Waals surface area contributed by atoms with Crippen LogP contribution in [-0.4, -0.2) is 116 Å². The lowest BCUT2D eigenvalue weighted by Gasteiger charge is -2.12. The second-order valence-electron chi connectivity index (χ2n) is 10.9. The molecule has 14 heteroatoms. The monoisotopic (exact) mass is 641 g/mol. The second-order valence-corrected chi connectivity index (χ2v) is 10.9. The summed E-state index contributed by atoms with van der Waals surface area (Å²) in [6.07, 6.45) is 3.52. The van der Waals surface area contributed by atoms with Gasteiger partial charge in [-0.25, -0.2) is 19.1 Å². The molecule has 0 bridgehead atoms. The van der Waals surface area contributed by atoms with Crippen molar-refractivity contribution in [3.8, 4) is 34.2 Å². The van der Waals surface area contributed by atoms with Gasteiger partial charge in [0.25, 0.3) is 0 Å². The van der Waals surface area contributed by atoms with E-state index in [1.807, 2.05) is 86.5 Å². The molecule has 0 spiro atoms. The van der Waals surface area contributed by atoms with Gasteiger partial charge in [-0.1, -0.05) is 10.4 Å². The van der Waals surface area contributed by atoms with E-state index in [9.17, 15) is 4.79 Å². The Morgan fingerprint density at radius 3 is 1.53 bits per heavy atom. The van der Waals surface area contributed by atoms with Crippen molar-refractivity contribution in [3.63, 3.8) is 0 Å². The SMILES string of the molecule is COCCOCCOCCOC(=O)c1cc(-c2cn(-c3ccc(N(C)C)cc3)nn2)nc(-c2cn(-c3ccc(N(C)C)cc3)nn2)c1. The molecule has 0 N–H and O–H groups in total. The minimum Gasteiger partial charge on any atom is -0.460 e. The Kier molecular flexibility index (Phi) is 11.2. The number of pyridine rings is 1. The van der Waals surface area contributed by atoms with Gasteiger partial charge in [0.05, 0.1) is 73.8 Å². The lowest BCUT2D eigenvalue weighted by Crippen LogP contribution is -2.14. The van der Waals surface area contributed by atoms with Crippen molar-refractivity contribution < 1.29 is 23.7 Å². The summed E-state index contributed by atoms with van der Waals surface area (Å²) < 4.78 is 24.7. The molecule has 14 nitrogen and oxygen atoms in total. The van der Waals surface area contributed by atoms with Crippen LogP contribution in [0, 0.1) is 0 Å². The van der Waals surface area contributed by atoms with E-state index < -0.39 is 5.97 Å². The Bertz CT molecular complexity index is 1630. The molecule has 5 rings (SSSR count). The van der Waals surface area contributed by atoms with Crippen molar-refractivity contribution in [2.24, 2.45) is 0 Å². The first kappa shape index (κ1) is 33.2. The van der Waals surface area contributed by atoms with E-state index in [2.05, 4.69) is 20.6 Å². The van der Waals surface area contributed by atoms with E-state index in [-0.39, 0.29) is 18.8 Å². The van der Waals surface area contributed by atoms with Crippen molar-refractivity contribution in [3.05, 3.63) is 78.6 Å².